The van der Waals surface area contributed by atoms with Crippen LogP contribution < -0.4 is 10.1 Å². The van der Waals surface area contributed by atoms with Crippen LogP contribution in [0.4, 0.5) is 4.39 Å². The smallest absolute Gasteiger partial charge is 0.223 e. The molecule has 1 fully saturated rings. The molecule has 0 radical (unpaired) electrons. The predicted octanol–water partition coefficient (Wildman–Crippen LogP) is 3.04. The number of methoxy groups -OCH3 is 1. The third-order valence-corrected chi connectivity index (χ3v) is 4.65. The number of rotatable bonds is 6. The van der Waals surface area contributed by atoms with Crippen LogP contribution in [0.5, 0.6) is 5.75 Å². The first-order chi connectivity index (χ1) is 12.0. The number of hydrogen-bond donors (Lipinski definition) is 1. The lowest BCUT2D eigenvalue weighted by molar-refractivity contribution is -0.123. The Morgan fingerprint density at radius 1 is 1.40 bits per heavy atom. The van der Waals surface area contributed by atoms with Crippen molar-refractivity contribution < 1.29 is 18.4 Å². The highest BCUT2D eigenvalue weighted by atomic mass is 19.1. The van der Waals surface area contributed by atoms with Crippen molar-refractivity contribution in [3.05, 3.63) is 41.3 Å². The van der Waals surface area contributed by atoms with Crippen LogP contribution in [0.2, 0.25) is 0 Å². The Balaban J connectivity index is 1.64. The van der Waals surface area contributed by atoms with E-state index < -0.39 is 11.4 Å². The number of amides is 1. The fourth-order valence-electron chi connectivity index (χ4n) is 3.33. The van der Waals surface area contributed by atoms with Crippen molar-refractivity contribution in [3.8, 4) is 5.75 Å². The van der Waals surface area contributed by atoms with Gasteiger partial charge in [0.25, 0.3) is 0 Å². The van der Waals surface area contributed by atoms with E-state index in [1.807, 2.05) is 0 Å². The second-order valence-corrected chi connectivity index (χ2v) is 6.44. The maximum atomic E-state index is 13.7. The van der Waals surface area contributed by atoms with Gasteiger partial charge in [0.05, 0.1) is 7.11 Å². The third-order valence-electron chi connectivity index (χ3n) is 4.65. The quantitative estimate of drug-likeness (QED) is 0.869. The minimum Gasteiger partial charge on any atom is -0.494 e. The van der Waals surface area contributed by atoms with Gasteiger partial charge in [-0.25, -0.2) is 4.39 Å². The van der Waals surface area contributed by atoms with Crippen LogP contribution in [-0.2, 0) is 16.8 Å². The van der Waals surface area contributed by atoms with Gasteiger partial charge in [-0.3, -0.25) is 4.79 Å². The Bertz CT molecular complexity index is 754. The Labute approximate surface area is 145 Å². The number of hydrogen-bond acceptors (Lipinski definition) is 5. The zero-order valence-electron chi connectivity index (χ0n) is 14.5. The van der Waals surface area contributed by atoms with Gasteiger partial charge in [0.1, 0.15) is 5.54 Å². The van der Waals surface area contributed by atoms with E-state index in [1.165, 1.54) is 13.2 Å². The topological polar surface area (TPSA) is 77.2 Å². The van der Waals surface area contributed by atoms with Gasteiger partial charge in [-0.2, -0.15) is 4.98 Å². The summed E-state index contributed by atoms with van der Waals surface area (Å²) in [7, 11) is 1.42. The summed E-state index contributed by atoms with van der Waals surface area (Å²) in [6.07, 6.45) is 4.34. The minimum absolute atomic E-state index is 0.0967. The summed E-state index contributed by atoms with van der Waals surface area (Å²) in [6, 6.07) is 4.74. The number of carbonyl (C=O) groups excluding carboxylic acids is 1. The lowest BCUT2D eigenvalue weighted by Crippen LogP contribution is -2.44. The first-order valence-corrected chi connectivity index (χ1v) is 8.47. The lowest BCUT2D eigenvalue weighted by Gasteiger charge is -2.26. The number of carbonyl (C=O) groups is 1. The van der Waals surface area contributed by atoms with Crippen molar-refractivity contribution in [2.45, 2.75) is 51.0 Å². The van der Waals surface area contributed by atoms with Crippen LogP contribution in [-0.4, -0.2) is 23.2 Å². The van der Waals surface area contributed by atoms with Crippen molar-refractivity contribution in [1.29, 1.82) is 0 Å². The number of ether oxygens (including phenoxy) is 1. The molecular formula is C18H22FN3O3. The summed E-state index contributed by atoms with van der Waals surface area (Å²) < 4.78 is 23.7. The average molecular weight is 347 g/mol. The van der Waals surface area contributed by atoms with Crippen molar-refractivity contribution in [1.82, 2.24) is 15.5 Å². The maximum Gasteiger partial charge on any atom is 0.223 e. The van der Waals surface area contributed by atoms with Crippen LogP contribution in [0.15, 0.2) is 22.7 Å². The monoisotopic (exact) mass is 347 g/mol. The highest BCUT2D eigenvalue weighted by Gasteiger charge is 2.41. The molecule has 0 atom stereocenters. The second-order valence-electron chi connectivity index (χ2n) is 6.44. The number of nitrogens with zero attached hydrogens (tertiary/aromatic N) is 2. The molecule has 2 aromatic rings. The summed E-state index contributed by atoms with van der Waals surface area (Å²) in [4.78, 5) is 16.8. The maximum absolute atomic E-state index is 13.7. The van der Waals surface area contributed by atoms with E-state index in [-0.39, 0.29) is 18.1 Å². The summed E-state index contributed by atoms with van der Waals surface area (Å²) in [6.45, 7) is 1.74. The van der Waals surface area contributed by atoms with E-state index >= 15 is 0 Å². The van der Waals surface area contributed by atoms with E-state index in [4.69, 9.17) is 9.26 Å². The van der Waals surface area contributed by atoms with Gasteiger partial charge < -0.3 is 14.6 Å². The number of aromatic nitrogens is 2. The first kappa shape index (κ1) is 17.4. The van der Waals surface area contributed by atoms with E-state index in [0.29, 0.717) is 18.1 Å². The Kier molecular flexibility index (Phi) is 5.01. The molecule has 1 N–H and O–H groups in total. The molecule has 0 bridgehead atoms. The van der Waals surface area contributed by atoms with Crippen molar-refractivity contribution >= 4 is 5.91 Å². The molecule has 1 aliphatic rings. The highest BCUT2D eigenvalue weighted by Crippen LogP contribution is 2.37. The number of benzene rings is 1. The zero-order valence-corrected chi connectivity index (χ0v) is 14.5. The van der Waals surface area contributed by atoms with Crippen LogP contribution >= 0.6 is 0 Å². The lowest BCUT2D eigenvalue weighted by atomic mass is 9.96. The number of nitrogens with one attached hydrogen (secondary N) is 1. The van der Waals surface area contributed by atoms with E-state index in [1.54, 1.807) is 19.1 Å². The van der Waals surface area contributed by atoms with Crippen LogP contribution in [0.3, 0.4) is 0 Å². The van der Waals surface area contributed by atoms with E-state index in [0.717, 1.165) is 31.2 Å². The van der Waals surface area contributed by atoms with Crippen LogP contribution in [0, 0.1) is 12.7 Å². The summed E-state index contributed by atoms with van der Waals surface area (Å²) >= 11 is 0. The predicted molar refractivity (Wildman–Crippen MR) is 88.6 cm³/mol. The van der Waals surface area contributed by atoms with Gasteiger partial charge in [0.2, 0.25) is 11.8 Å². The van der Waals surface area contributed by atoms with Gasteiger partial charge in [-0.15, -0.1) is 0 Å². The molecule has 1 saturated carbocycles. The molecule has 1 aromatic carbocycles. The van der Waals surface area contributed by atoms with Crippen molar-refractivity contribution in [2.75, 3.05) is 7.11 Å². The molecule has 1 heterocycles. The normalized spacial score (nSPS) is 16.0. The number of halogens is 1. The SMILES string of the molecule is COc1ccc(CCC(=O)NC2(c3noc(C)n3)CCCC2)cc1F. The summed E-state index contributed by atoms with van der Waals surface area (Å²) in [5.74, 6) is 0.719. The largest absolute Gasteiger partial charge is 0.494 e. The molecule has 0 aliphatic heterocycles. The van der Waals surface area contributed by atoms with Crippen molar-refractivity contribution in [3.63, 3.8) is 0 Å². The molecule has 6 nitrogen and oxygen atoms in total. The second kappa shape index (κ2) is 7.21. The highest BCUT2D eigenvalue weighted by molar-refractivity contribution is 5.77. The van der Waals surface area contributed by atoms with Gasteiger partial charge in [0.15, 0.2) is 17.4 Å². The van der Waals surface area contributed by atoms with E-state index in [9.17, 15) is 9.18 Å². The summed E-state index contributed by atoms with van der Waals surface area (Å²) in [5.41, 5.74) is 0.212. The number of aryl methyl sites for hydroxylation is 2. The Morgan fingerprint density at radius 3 is 2.76 bits per heavy atom. The van der Waals surface area contributed by atoms with Crippen LogP contribution in [0.25, 0.3) is 0 Å². The molecule has 0 saturated heterocycles. The van der Waals surface area contributed by atoms with Gasteiger partial charge in [-0.05, 0) is 37.0 Å². The molecule has 1 amide bonds. The molecule has 25 heavy (non-hydrogen) atoms. The molecule has 7 heteroatoms. The van der Waals surface area contributed by atoms with Crippen molar-refractivity contribution in [2.24, 2.45) is 0 Å². The van der Waals surface area contributed by atoms with Crippen LogP contribution in [0.1, 0.15) is 49.4 Å². The molecule has 0 spiro atoms. The minimum atomic E-state index is -0.542. The molecular weight excluding hydrogens is 325 g/mol. The first-order valence-electron chi connectivity index (χ1n) is 8.47. The molecule has 134 valence electrons. The van der Waals surface area contributed by atoms with Gasteiger partial charge in [-0.1, -0.05) is 24.1 Å². The molecule has 0 unspecified atom stereocenters. The Morgan fingerprint density at radius 2 is 2.16 bits per heavy atom. The van der Waals surface area contributed by atoms with E-state index in [2.05, 4.69) is 15.5 Å². The zero-order chi connectivity index (χ0) is 17.9. The molecule has 1 aromatic heterocycles. The molecule has 3 rings (SSSR count). The average Bonchev–Trinajstić information content (AvgIpc) is 3.23. The van der Waals surface area contributed by atoms with Gasteiger partial charge in [0, 0.05) is 13.3 Å². The van der Waals surface area contributed by atoms with Gasteiger partial charge >= 0.3 is 0 Å². The fraction of sp³-hybridized carbons (Fsp3) is 0.500. The third kappa shape index (κ3) is 3.81. The Hall–Kier alpha value is -2.44. The molecule has 1 aliphatic carbocycles. The summed E-state index contributed by atoms with van der Waals surface area (Å²) in [5, 5.41) is 7.09. The standard InChI is InChI=1S/C18H22FN3O3/c1-12-20-17(22-25-12)18(9-3-4-10-18)21-16(23)8-6-13-5-7-15(24-2)14(19)11-13/h5,7,11H,3-4,6,8-10H2,1-2H3,(H,21,23). The fourth-order valence-corrected chi connectivity index (χ4v) is 3.33.